The van der Waals surface area contributed by atoms with Gasteiger partial charge in [-0.2, -0.15) is 5.10 Å². The predicted octanol–water partition coefficient (Wildman–Crippen LogP) is 5.07. The second-order valence-corrected chi connectivity index (χ2v) is 7.59. The maximum Gasteiger partial charge on any atom is 0.287 e. The van der Waals surface area contributed by atoms with Crippen molar-refractivity contribution in [1.82, 2.24) is 10.7 Å². The number of nitrogens with one attached hydrogen (secondary N) is 2. The second-order valence-electron chi connectivity index (χ2n) is 7.59. The van der Waals surface area contributed by atoms with Crippen molar-refractivity contribution >= 4 is 34.9 Å². The molecule has 4 aromatic carbocycles. The first-order valence-electron chi connectivity index (χ1n) is 10.6. The van der Waals surface area contributed by atoms with Gasteiger partial charge in [-0.3, -0.25) is 9.59 Å². The monoisotopic (exact) mass is 433 g/mol. The van der Waals surface area contributed by atoms with Gasteiger partial charge in [0, 0.05) is 5.56 Å². The Balaban J connectivity index is 1.59. The highest BCUT2D eigenvalue weighted by atomic mass is 16.2. The van der Waals surface area contributed by atoms with Gasteiger partial charge in [-0.15, -0.1) is 0 Å². The SMILES string of the molecule is Cc1ccc(C=NNC(=O)C(=Cc2ccc3ccccc3c2)NC(=O)c2ccccc2)cc1. The first-order chi connectivity index (χ1) is 16.1. The Morgan fingerprint density at radius 1 is 0.758 bits per heavy atom. The molecule has 2 N–H and O–H groups in total. The van der Waals surface area contributed by atoms with E-state index in [1.54, 1.807) is 36.6 Å². The van der Waals surface area contributed by atoms with Crippen molar-refractivity contribution in [3.8, 4) is 0 Å². The fourth-order valence-corrected chi connectivity index (χ4v) is 3.28. The van der Waals surface area contributed by atoms with E-state index in [4.69, 9.17) is 0 Å². The zero-order valence-electron chi connectivity index (χ0n) is 18.2. The smallest absolute Gasteiger partial charge is 0.287 e. The lowest BCUT2D eigenvalue weighted by Crippen LogP contribution is -2.32. The fourth-order valence-electron chi connectivity index (χ4n) is 3.28. The molecule has 4 aromatic rings. The maximum atomic E-state index is 12.9. The molecule has 4 rings (SSSR count). The number of amides is 2. The molecule has 33 heavy (non-hydrogen) atoms. The van der Waals surface area contributed by atoms with E-state index in [1.807, 2.05) is 79.7 Å². The van der Waals surface area contributed by atoms with Crippen molar-refractivity contribution in [3.63, 3.8) is 0 Å². The third-order valence-electron chi connectivity index (χ3n) is 5.07. The van der Waals surface area contributed by atoms with Crippen LogP contribution in [0.4, 0.5) is 0 Å². The molecule has 2 amide bonds. The van der Waals surface area contributed by atoms with Gasteiger partial charge >= 0.3 is 0 Å². The van der Waals surface area contributed by atoms with Crippen molar-refractivity contribution in [2.24, 2.45) is 5.10 Å². The highest BCUT2D eigenvalue weighted by Gasteiger charge is 2.14. The van der Waals surface area contributed by atoms with E-state index in [0.717, 1.165) is 27.5 Å². The second kappa shape index (κ2) is 10.2. The molecular formula is C28H23N3O2. The molecule has 0 saturated carbocycles. The van der Waals surface area contributed by atoms with Crippen LogP contribution >= 0.6 is 0 Å². The standard InChI is InChI=1S/C28H23N3O2/c1-20-11-13-21(14-12-20)19-29-31-28(33)26(30-27(32)24-8-3-2-4-9-24)18-22-15-16-23-7-5-6-10-25(23)17-22/h2-19H,1H3,(H,30,32)(H,31,33). The predicted molar refractivity (Wildman–Crippen MR) is 133 cm³/mol. The average molecular weight is 434 g/mol. The fraction of sp³-hybridized carbons (Fsp3) is 0.0357. The van der Waals surface area contributed by atoms with Crippen LogP contribution in [0.25, 0.3) is 16.8 Å². The van der Waals surface area contributed by atoms with Crippen LogP contribution in [-0.4, -0.2) is 18.0 Å². The van der Waals surface area contributed by atoms with E-state index in [-0.39, 0.29) is 11.6 Å². The van der Waals surface area contributed by atoms with Crippen LogP contribution in [-0.2, 0) is 4.79 Å². The van der Waals surface area contributed by atoms with Gasteiger partial charge in [-0.25, -0.2) is 5.43 Å². The average Bonchev–Trinajstić information content (AvgIpc) is 2.85. The van der Waals surface area contributed by atoms with Gasteiger partial charge in [0.15, 0.2) is 0 Å². The van der Waals surface area contributed by atoms with E-state index >= 15 is 0 Å². The Morgan fingerprint density at radius 2 is 1.42 bits per heavy atom. The van der Waals surface area contributed by atoms with Gasteiger partial charge in [-0.05, 0) is 53.1 Å². The minimum atomic E-state index is -0.518. The molecule has 0 heterocycles. The minimum absolute atomic E-state index is 0.0974. The Morgan fingerprint density at radius 3 is 2.18 bits per heavy atom. The molecule has 0 aliphatic carbocycles. The normalized spacial score (nSPS) is 11.5. The Labute approximate surface area is 192 Å². The molecule has 0 aliphatic rings. The number of aryl methyl sites for hydroxylation is 1. The molecular weight excluding hydrogens is 410 g/mol. The number of carbonyl (C=O) groups excluding carboxylic acids is 2. The molecule has 0 unspecified atom stereocenters. The molecule has 162 valence electrons. The van der Waals surface area contributed by atoms with E-state index in [0.29, 0.717) is 5.56 Å². The molecule has 0 spiro atoms. The zero-order chi connectivity index (χ0) is 23.0. The number of rotatable bonds is 6. The third-order valence-corrected chi connectivity index (χ3v) is 5.07. The van der Waals surface area contributed by atoms with Crippen LogP contribution in [0.3, 0.4) is 0 Å². The number of fused-ring (bicyclic) bond motifs is 1. The van der Waals surface area contributed by atoms with Crippen molar-refractivity contribution in [2.45, 2.75) is 6.92 Å². The lowest BCUT2D eigenvalue weighted by Gasteiger charge is -2.09. The highest BCUT2D eigenvalue weighted by molar-refractivity contribution is 6.05. The zero-order valence-corrected chi connectivity index (χ0v) is 18.2. The van der Waals surface area contributed by atoms with Gasteiger partial charge in [0.25, 0.3) is 11.8 Å². The van der Waals surface area contributed by atoms with Crippen molar-refractivity contribution in [2.75, 3.05) is 0 Å². The number of hydrogen-bond acceptors (Lipinski definition) is 3. The maximum absolute atomic E-state index is 12.9. The Bertz CT molecular complexity index is 1340. The summed E-state index contributed by atoms with van der Waals surface area (Å²) >= 11 is 0. The first-order valence-corrected chi connectivity index (χ1v) is 10.6. The van der Waals surface area contributed by atoms with Crippen LogP contribution in [0.1, 0.15) is 27.0 Å². The van der Waals surface area contributed by atoms with E-state index < -0.39 is 5.91 Å². The lowest BCUT2D eigenvalue weighted by molar-refractivity contribution is -0.117. The molecule has 5 nitrogen and oxygen atoms in total. The quantitative estimate of drug-likeness (QED) is 0.253. The summed E-state index contributed by atoms with van der Waals surface area (Å²) in [6, 6.07) is 30.3. The van der Waals surface area contributed by atoms with Gasteiger partial charge in [0.1, 0.15) is 5.70 Å². The molecule has 0 atom stereocenters. The molecule has 0 aliphatic heterocycles. The van der Waals surface area contributed by atoms with Crippen molar-refractivity contribution in [3.05, 3.63) is 125 Å². The van der Waals surface area contributed by atoms with Crippen molar-refractivity contribution in [1.29, 1.82) is 0 Å². The van der Waals surface area contributed by atoms with Gasteiger partial charge < -0.3 is 5.32 Å². The summed E-state index contributed by atoms with van der Waals surface area (Å²) in [4.78, 5) is 25.6. The van der Waals surface area contributed by atoms with E-state index in [2.05, 4.69) is 15.8 Å². The molecule has 0 fully saturated rings. The van der Waals surface area contributed by atoms with Crippen LogP contribution < -0.4 is 10.7 Å². The molecule has 0 aromatic heterocycles. The summed E-state index contributed by atoms with van der Waals surface area (Å²) in [5.41, 5.74) is 5.84. The minimum Gasteiger partial charge on any atom is -0.317 e. The van der Waals surface area contributed by atoms with Crippen LogP contribution in [0.5, 0.6) is 0 Å². The van der Waals surface area contributed by atoms with E-state index in [9.17, 15) is 9.59 Å². The largest absolute Gasteiger partial charge is 0.317 e. The molecule has 0 saturated heterocycles. The number of hydrogen-bond donors (Lipinski definition) is 2. The van der Waals surface area contributed by atoms with Gasteiger partial charge in [0.2, 0.25) is 0 Å². The third kappa shape index (κ3) is 5.80. The first kappa shape index (κ1) is 21.7. The summed E-state index contributed by atoms with van der Waals surface area (Å²) in [6.45, 7) is 2.00. The topological polar surface area (TPSA) is 70.6 Å². The summed E-state index contributed by atoms with van der Waals surface area (Å²) in [7, 11) is 0. The summed E-state index contributed by atoms with van der Waals surface area (Å²) in [5, 5.41) is 8.90. The van der Waals surface area contributed by atoms with Gasteiger partial charge in [0.05, 0.1) is 6.21 Å². The van der Waals surface area contributed by atoms with Crippen LogP contribution in [0.2, 0.25) is 0 Å². The van der Waals surface area contributed by atoms with Crippen molar-refractivity contribution < 1.29 is 9.59 Å². The lowest BCUT2D eigenvalue weighted by atomic mass is 10.1. The number of hydrazone groups is 1. The molecule has 5 heteroatoms. The highest BCUT2D eigenvalue weighted by Crippen LogP contribution is 2.17. The summed E-state index contributed by atoms with van der Waals surface area (Å²) < 4.78 is 0. The number of carbonyl (C=O) groups is 2. The molecule has 0 radical (unpaired) electrons. The number of benzene rings is 4. The Kier molecular flexibility index (Phi) is 6.71. The van der Waals surface area contributed by atoms with Gasteiger partial charge in [-0.1, -0.05) is 84.4 Å². The molecule has 0 bridgehead atoms. The summed E-state index contributed by atoms with van der Waals surface area (Å²) in [5.74, 6) is -0.892. The Hall–Kier alpha value is -4.51. The van der Waals surface area contributed by atoms with E-state index in [1.165, 1.54) is 0 Å². The van der Waals surface area contributed by atoms with Crippen LogP contribution in [0, 0.1) is 6.92 Å². The summed E-state index contributed by atoms with van der Waals surface area (Å²) in [6.07, 6.45) is 3.20. The number of nitrogens with zero attached hydrogens (tertiary/aromatic N) is 1. The van der Waals surface area contributed by atoms with Crippen LogP contribution in [0.15, 0.2) is 108 Å².